The highest BCUT2D eigenvalue weighted by Crippen LogP contribution is 2.27. The van der Waals surface area contributed by atoms with Crippen LogP contribution in [0.1, 0.15) is 27.8 Å². The molecule has 0 aliphatic rings. The second kappa shape index (κ2) is 10.0. The Kier molecular flexibility index (Phi) is 7.57. The molecule has 1 amide bonds. The van der Waals surface area contributed by atoms with Crippen molar-refractivity contribution >= 4 is 33.2 Å². The number of benzene rings is 3. The van der Waals surface area contributed by atoms with Gasteiger partial charge in [0.05, 0.1) is 16.5 Å². The molecular weight excluding hydrogens is 463 g/mol. The number of hydrogen-bond acceptors (Lipinski definition) is 3. The van der Waals surface area contributed by atoms with Gasteiger partial charge in [-0.25, -0.2) is 12.8 Å². The lowest BCUT2D eigenvalue weighted by Crippen LogP contribution is -2.38. The average molecular weight is 489 g/mol. The molecule has 1 N–H and O–H groups in total. The van der Waals surface area contributed by atoms with Crippen LogP contribution in [0, 0.1) is 33.5 Å². The van der Waals surface area contributed by atoms with E-state index in [2.05, 4.69) is 5.32 Å². The quantitative estimate of drug-likeness (QED) is 0.474. The lowest BCUT2D eigenvalue weighted by Gasteiger charge is -2.24. The largest absolute Gasteiger partial charge is 0.325 e. The number of halogens is 2. The third-order valence-corrected chi connectivity index (χ3v) is 7.59. The minimum atomic E-state index is -4.00. The van der Waals surface area contributed by atoms with Crippen molar-refractivity contribution < 1.29 is 17.6 Å². The zero-order valence-electron chi connectivity index (χ0n) is 18.9. The molecule has 0 spiro atoms. The van der Waals surface area contributed by atoms with Gasteiger partial charge in [-0.3, -0.25) is 4.79 Å². The summed E-state index contributed by atoms with van der Waals surface area (Å²) in [6, 6.07) is 14.9. The van der Waals surface area contributed by atoms with Gasteiger partial charge < -0.3 is 5.32 Å². The number of amides is 1. The van der Waals surface area contributed by atoms with Crippen LogP contribution in [-0.2, 0) is 21.4 Å². The Balaban J connectivity index is 1.95. The van der Waals surface area contributed by atoms with Gasteiger partial charge in [-0.05, 0) is 62.6 Å². The Morgan fingerprint density at radius 3 is 2.12 bits per heavy atom. The lowest BCUT2D eigenvalue weighted by atomic mass is 10.1. The molecule has 33 heavy (non-hydrogen) atoms. The predicted octanol–water partition coefficient (Wildman–Crippen LogP) is 5.54. The Bertz CT molecular complexity index is 1270. The van der Waals surface area contributed by atoms with E-state index in [0.717, 1.165) is 27.1 Å². The summed E-state index contributed by atoms with van der Waals surface area (Å²) in [5, 5.41) is 2.46. The van der Waals surface area contributed by atoms with Crippen molar-refractivity contribution in [3.63, 3.8) is 0 Å². The standard InChI is InChI=1S/C25H26ClFN2O3S/c1-16-5-7-20(8-6-16)14-29(15-24(30)28-21-9-10-23(27)22(26)13-21)33(31,32)25-18(3)11-17(2)12-19(25)4/h5-13H,14-15H2,1-4H3,(H,28,30). The maximum Gasteiger partial charge on any atom is 0.244 e. The van der Waals surface area contributed by atoms with Crippen LogP contribution in [0.3, 0.4) is 0 Å². The van der Waals surface area contributed by atoms with Gasteiger partial charge in [0, 0.05) is 12.2 Å². The highest BCUT2D eigenvalue weighted by atomic mass is 35.5. The van der Waals surface area contributed by atoms with E-state index in [-0.39, 0.29) is 22.2 Å². The average Bonchev–Trinajstić information content (AvgIpc) is 2.71. The topological polar surface area (TPSA) is 66.5 Å². The summed E-state index contributed by atoms with van der Waals surface area (Å²) in [7, 11) is -4.00. The number of hydrogen-bond donors (Lipinski definition) is 1. The second-order valence-corrected chi connectivity index (χ2v) is 10.4. The highest BCUT2D eigenvalue weighted by Gasteiger charge is 2.30. The molecule has 3 rings (SSSR count). The van der Waals surface area contributed by atoms with Crippen molar-refractivity contribution in [3.05, 3.63) is 93.3 Å². The van der Waals surface area contributed by atoms with Gasteiger partial charge >= 0.3 is 0 Å². The van der Waals surface area contributed by atoms with E-state index in [9.17, 15) is 17.6 Å². The first kappa shape index (κ1) is 24.9. The number of rotatable bonds is 7. The third kappa shape index (κ3) is 5.99. The molecule has 3 aromatic rings. The van der Waals surface area contributed by atoms with Crippen molar-refractivity contribution in [3.8, 4) is 0 Å². The summed E-state index contributed by atoms with van der Waals surface area (Å²) >= 11 is 5.79. The number of carbonyl (C=O) groups is 1. The molecule has 5 nitrogen and oxygen atoms in total. The van der Waals surface area contributed by atoms with E-state index in [0.29, 0.717) is 11.1 Å². The number of nitrogens with zero attached hydrogens (tertiary/aromatic N) is 1. The van der Waals surface area contributed by atoms with Crippen LogP contribution in [-0.4, -0.2) is 25.2 Å². The van der Waals surface area contributed by atoms with Gasteiger partial charge in [0.2, 0.25) is 15.9 Å². The summed E-state index contributed by atoms with van der Waals surface area (Å²) in [4.78, 5) is 13.0. The number of anilines is 1. The van der Waals surface area contributed by atoms with Gasteiger partial charge in [0.25, 0.3) is 0 Å². The minimum Gasteiger partial charge on any atom is -0.325 e. The zero-order valence-corrected chi connectivity index (χ0v) is 20.5. The maximum atomic E-state index is 13.7. The van der Waals surface area contributed by atoms with Crippen molar-refractivity contribution in [2.75, 3.05) is 11.9 Å². The summed E-state index contributed by atoms with van der Waals surface area (Å²) in [5.41, 5.74) is 4.27. The van der Waals surface area contributed by atoms with Crippen LogP contribution >= 0.6 is 11.6 Å². The van der Waals surface area contributed by atoms with Crippen molar-refractivity contribution in [2.45, 2.75) is 39.1 Å². The molecule has 0 radical (unpaired) electrons. The molecule has 0 heterocycles. The van der Waals surface area contributed by atoms with Gasteiger partial charge in [-0.2, -0.15) is 4.31 Å². The molecule has 0 bridgehead atoms. The Labute approximate surface area is 199 Å². The molecule has 3 aromatic carbocycles. The number of sulfonamides is 1. The summed E-state index contributed by atoms with van der Waals surface area (Å²) in [5.74, 6) is -1.17. The Hall–Kier alpha value is -2.74. The normalized spacial score (nSPS) is 11.6. The van der Waals surface area contributed by atoms with Gasteiger partial charge in [-0.1, -0.05) is 59.1 Å². The molecule has 0 saturated carbocycles. The number of nitrogens with one attached hydrogen (secondary N) is 1. The highest BCUT2D eigenvalue weighted by molar-refractivity contribution is 7.89. The molecule has 0 aliphatic heterocycles. The summed E-state index contributed by atoms with van der Waals surface area (Å²) < 4.78 is 42.0. The Morgan fingerprint density at radius 2 is 1.55 bits per heavy atom. The molecular formula is C25H26ClFN2O3S. The lowest BCUT2D eigenvalue weighted by molar-refractivity contribution is -0.116. The van der Waals surface area contributed by atoms with Gasteiger partial charge in [-0.15, -0.1) is 0 Å². The number of aryl methyl sites for hydroxylation is 4. The molecule has 0 saturated heterocycles. The van der Waals surface area contributed by atoms with Crippen LogP contribution in [0.5, 0.6) is 0 Å². The zero-order chi connectivity index (χ0) is 24.3. The summed E-state index contributed by atoms with van der Waals surface area (Å²) in [6.07, 6.45) is 0. The maximum absolute atomic E-state index is 13.7. The van der Waals surface area contributed by atoms with E-state index < -0.39 is 28.3 Å². The van der Waals surface area contributed by atoms with E-state index >= 15 is 0 Å². The van der Waals surface area contributed by atoms with Crippen LogP contribution in [0.4, 0.5) is 10.1 Å². The van der Waals surface area contributed by atoms with Crippen molar-refractivity contribution in [1.82, 2.24) is 4.31 Å². The molecule has 174 valence electrons. The van der Waals surface area contributed by atoms with E-state index in [4.69, 9.17) is 11.6 Å². The van der Waals surface area contributed by atoms with Crippen LogP contribution in [0.25, 0.3) is 0 Å². The third-order valence-electron chi connectivity index (χ3n) is 5.21. The van der Waals surface area contributed by atoms with Crippen LogP contribution < -0.4 is 5.32 Å². The first-order valence-corrected chi connectivity index (χ1v) is 12.2. The van der Waals surface area contributed by atoms with Gasteiger partial charge in [0.15, 0.2) is 0 Å². The fourth-order valence-electron chi connectivity index (χ4n) is 3.76. The number of carbonyl (C=O) groups excluding carboxylic acids is 1. The first-order valence-electron chi connectivity index (χ1n) is 10.4. The van der Waals surface area contributed by atoms with E-state index in [1.54, 1.807) is 13.8 Å². The van der Waals surface area contributed by atoms with Crippen molar-refractivity contribution in [1.29, 1.82) is 0 Å². The minimum absolute atomic E-state index is 0.0208. The SMILES string of the molecule is Cc1ccc(CN(CC(=O)Nc2ccc(F)c(Cl)c2)S(=O)(=O)c2c(C)cc(C)cc2C)cc1. The fourth-order valence-corrected chi connectivity index (χ4v) is 5.74. The van der Waals surface area contributed by atoms with Gasteiger partial charge in [0.1, 0.15) is 5.82 Å². The van der Waals surface area contributed by atoms with Crippen LogP contribution in [0.15, 0.2) is 59.5 Å². The molecule has 8 heteroatoms. The summed E-state index contributed by atoms with van der Waals surface area (Å²) in [6.45, 7) is 6.94. The molecule has 0 aromatic heterocycles. The predicted molar refractivity (Wildman–Crippen MR) is 129 cm³/mol. The Morgan fingerprint density at radius 1 is 0.939 bits per heavy atom. The fraction of sp³-hybridized carbons (Fsp3) is 0.240. The molecule has 0 atom stereocenters. The monoisotopic (exact) mass is 488 g/mol. The van der Waals surface area contributed by atoms with E-state index in [1.165, 1.54) is 12.1 Å². The molecule has 0 unspecified atom stereocenters. The van der Waals surface area contributed by atoms with Crippen molar-refractivity contribution in [2.24, 2.45) is 0 Å². The molecule has 0 aliphatic carbocycles. The smallest absolute Gasteiger partial charge is 0.244 e. The van der Waals surface area contributed by atoms with E-state index in [1.807, 2.05) is 50.2 Å². The molecule has 0 fully saturated rings. The van der Waals surface area contributed by atoms with Crippen LogP contribution in [0.2, 0.25) is 5.02 Å². The first-order chi connectivity index (χ1) is 15.5. The second-order valence-electron chi connectivity index (χ2n) is 8.16.